The standard InChI is InChI=1S/C20H36N4O2.HI/c1-8-21-19(23-14-20(3,4)15-24(5)6)22-13-16(2)26-18-12-10-9-11-17(18)25-7;/h9-12,16H,8,13-15H2,1-7H3,(H2,21,22,23);1H. The van der Waals surface area contributed by atoms with Crippen LogP contribution >= 0.6 is 24.0 Å². The number of ether oxygens (including phenoxy) is 2. The molecule has 0 saturated heterocycles. The van der Waals surface area contributed by atoms with Gasteiger partial charge in [0.05, 0.1) is 13.7 Å². The van der Waals surface area contributed by atoms with Gasteiger partial charge in [-0.05, 0) is 45.5 Å². The molecule has 2 N–H and O–H groups in total. The number of aliphatic imine (C=N–C) groups is 1. The third-order valence-electron chi connectivity index (χ3n) is 3.71. The van der Waals surface area contributed by atoms with E-state index in [-0.39, 0.29) is 35.5 Å². The second-order valence-electron chi connectivity index (χ2n) is 7.56. The van der Waals surface area contributed by atoms with Gasteiger partial charge in [-0.2, -0.15) is 0 Å². The number of guanidine groups is 1. The van der Waals surface area contributed by atoms with Gasteiger partial charge in [-0.15, -0.1) is 24.0 Å². The number of nitrogens with one attached hydrogen (secondary N) is 2. The van der Waals surface area contributed by atoms with E-state index in [0.717, 1.165) is 37.1 Å². The molecule has 156 valence electrons. The van der Waals surface area contributed by atoms with Gasteiger partial charge in [-0.1, -0.05) is 26.0 Å². The summed E-state index contributed by atoms with van der Waals surface area (Å²) in [6.45, 7) is 11.8. The van der Waals surface area contributed by atoms with Gasteiger partial charge in [0.2, 0.25) is 0 Å². The fraction of sp³-hybridized carbons (Fsp3) is 0.650. The minimum Gasteiger partial charge on any atom is -0.493 e. The molecule has 1 aromatic rings. The summed E-state index contributed by atoms with van der Waals surface area (Å²) < 4.78 is 11.3. The van der Waals surface area contributed by atoms with Gasteiger partial charge in [0, 0.05) is 19.6 Å². The molecule has 27 heavy (non-hydrogen) atoms. The van der Waals surface area contributed by atoms with Crippen LogP contribution in [0.2, 0.25) is 0 Å². The molecule has 1 aromatic carbocycles. The molecule has 6 nitrogen and oxygen atoms in total. The average molecular weight is 492 g/mol. The number of benzene rings is 1. The van der Waals surface area contributed by atoms with Crippen LogP contribution in [0.15, 0.2) is 29.3 Å². The van der Waals surface area contributed by atoms with Crippen LogP contribution in [-0.2, 0) is 0 Å². The van der Waals surface area contributed by atoms with E-state index in [1.807, 2.05) is 31.2 Å². The monoisotopic (exact) mass is 492 g/mol. The van der Waals surface area contributed by atoms with E-state index in [9.17, 15) is 0 Å². The minimum atomic E-state index is -0.0232. The lowest BCUT2D eigenvalue weighted by Crippen LogP contribution is -2.42. The van der Waals surface area contributed by atoms with E-state index in [2.05, 4.69) is 50.4 Å². The average Bonchev–Trinajstić information content (AvgIpc) is 2.56. The van der Waals surface area contributed by atoms with E-state index < -0.39 is 0 Å². The molecule has 0 aromatic heterocycles. The second-order valence-corrected chi connectivity index (χ2v) is 7.56. The van der Waals surface area contributed by atoms with E-state index in [1.165, 1.54) is 0 Å². The SMILES string of the molecule is CCNC(=NCC(C)(C)CN(C)C)NCC(C)Oc1ccccc1OC.I. The first-order chi connectivity index (χ1) is 12.3. The zero-order chi connectivity index (χ0) is 19.6. The maximum Gasteiger partial charge on any atom is 0.191 e. The van der Waals surface area contributed by atoms with Crippen LogP contribution in [0.5, 0.6) is 11.5 Å². The lowest BCUT2D eigenvalue weighted by atomic mass is 9.93. The summed E-state index contributed by atoms with van der Waals surface area (Å²) in [6, 6.07) is 7.68. The highest BCUT2D eigenvalue weighted by Crippen LogP contribution is 2.26. The largest absolute Gasteiger partial charge is 0.493 e. The predicted molar refractivity (Wildman–Crippen MR) is 125 cm³/mol. The van der Waals surface area contributed by atoms with Crippen molar-refractivity contribution in [2.24, 2.45) is 10.4 Å². The molecule has 1 atom stereocenters. The van der Waals surface area contributed by atoms with Crippen molar-refractivity contribution in [3.05, 3.63) is 24.3 Å². The Bertz CT molecular complexity index is 565. The highest BCUT2D eigenvalue weighted by atomic mass is 127. The van der Waals surface area contributed by atoms with E-state index >= 15 is 0 Å². The van der Waals surface area contributed by atoms with Gasteiger partial charge < -0.3 is 25.0 Å². The van der Waals surface area contributed by atoms with Crippen molar-refractivity contribution in [2.75, 3.05) is 47.4 Å². The van der Waals surface area contributed by atoms with Crippen molar-refractivity contribution in [3.63, 3.8) is 0 Å². The van der Waals surface area contributed by atoms with E-state index in [0.29, 0.717) is 6.54 Å². The molecule has 0 aliphatic heterocycles. The van der Waals surface area contributed by atoms with Crippen molar-refractivity contribution in [1.29, 1.82) is 0 Å². The predicted octanol–water partition coefficient (Wildman–Crippen LogP) is 3.22. The Morgan fingerprint density at radius 1 is 1.19 bits per heavy atom. The van der Waals surface area contributed by atoms with Crippen molar-refractivity contribution < 1.29 is 9.47 Å². The van der Waals surface area contributed by atoms with Gasteiger partial charge in [0.1, 0.15) is 6.10 Å². The summed E-state index contributed by atoms with van der Waals surface area (Å²) >= 11 is 0. The van der Waals surface area contributed by atoms with Crippen LogP contribution in [0, 0.1) is 5.41 Å². The van der Waals surface area contributed by atoms with Crippen LogP contribution in [0.25, 0.3) is 0 Å². The van der Waals surface area contributed by atoms with E-state index in [4.69, 9.17) is 14.5 Å². The molecule has 0 amide bonds. The van der Waals surface area contributed by atoms with Gasteiger partial charge in [0.15, 0.2) is 17.5 Å². The van der Waals surface area contributed by atoms with Crippen molar-refractivity contribution in [1.82, 2.24) is 15.5 Å². The molecular formula is C20H37IN4O2. The number of rotatable bonds is 10. The third kappa shape index (κ3) is 10.6. The molecule has 0 fully saturated rings. The maximum atomic E-state index is 5.99. The number of para-hydroxylation sites is 2. The molecule has 0 aliphatic carbocycles. The first-order valence-corrected chi connectivity index (χ1v) is 9.24. The summed E-state index contributed by atoms with van der Waals surface area (Å²) in [5.41, 5.74) is 0.116. The number of hydrogen-bond acceptors (Lipinski definition) is 4. The Hall–Kier alpha value is -1.22. The second kappa shape index (κ2) is 13.0. The molecular weight excluding hydrogens is 455 g/mol. The van der Waals surface area contributed by atoms with Gasteiger partial charge in [-0.25, -0.2) is 0 Å². The quantitative estimate of drug-likeness (QED) is 0.299. The highest BCUT2D eigenvalue weighted by molar-refractivity contribution is 14.0. The number of hydrogen-bond donors (Lipinski definition) is 2. The molecule has 0 spiro atoms. The normalized spacial score (nSPS) is 13.0. The zero-order valence-corrected chi connectivity index (χ0v) is 20.2. The molecule has 0 saturated carbocycles. The number of nitrogens with zero attached hydrogens (tertiary/aromatic N) is 2. The molecule has 0 aliphatic rings. The summed E-state index contributed by atoms with van der Waals surface area (Å²) in [5.74, 6) is 2.30. The molecule has 1 rings (SSSR count). The Morgan fingerprint density at radius 2 is 1.81 bits per heavy atom. The summed E-state index contributed by atoms with van der Waals surface area (Å²) in [5, 5.41) is 6.66. The Balaban J connectivity index is 0.00000676. The van der Waals surface area contributed by atoms with Crippen molar-refractivity contribution in [2.45, 2.75) is 33.8 Å². The van der Waals surface area contributed by atoms with Crippen LogP contribution in [0.3, 0.4) is 0 Å². The smallest absolute Gasteiger partial charge is 0.191 e. The molecule has 7 heteroatoms. The number of methoxy groups -OCH3 is 1. The first kappa shape index (κ1) is 25.8. The van der Waals surface area contributed by atoms with Crippen LogP contribution in [0.4, 0.5) is 0 Å². The summed E-state index contributed by atoms with van der Waals surface area (Å²) in [4.78, 5) is 6.93. The van der Waals surface area contributed by atoms with Crippen LogP contribution in [0.1, 0.15) is 27.7 Å². The molecule has 0 bridgehead atoms. The fourth-order valence-electron chi connectivity index (χ4n) is 2.76. The topological polar surface area (TPSA) is 58.1 Å². The van der Waals surface area contributed by atoms with Gasteiger partial charge >= 0.3 is 0 Å². The third-order valence-corrected chi connectivity index (χ3v) is 3.71. The maximum absolute atomic E-state index is 5.99. The minimum absolute atomic E-state index is 0. The Kier molecular flexibility index (Phi) is 12.5. The zero-order valence-electron chi connectivity index (χ0n) is 17.8. The summed E-state index contributed by atoms with van der Waals surface area (Å²) in [6.07, 6.45) is -0.0232. The first-order valence-electron chi connectivity index (χ1n) is 9.24. The van der Waals surface area contributed by atoms with Crippen LogP contribution in [-0.4, -0.2) is 64.3 Å². The molecule has 1 unspecified atom stereocenters. The van der Waals surface area contributed by atoms with Gasteiger partial charge in [-0.3, -0.25) is 4.99 Å². The van der Waals surface area contributed by atoms with Gasteiger partial charge in [0.25, 0.3) is 0 Å². The molecule has 0 heterocycles. The number of halogens is 1. The Labute approximate surface area is 182 Å². The summed E-state index contributed by atoms with van der Waals surface area (Å²) in [7, 11) is 5.83. The highest BCUT2D eigenvalue weighted by Gasteiger charge is 2.18. The fourth-order valence-corrected chi connectivity index (χ4v) is 2.76. The Morgan fingerprint density at radius 3 is 2.37 bits per heavy atom. The molecule has 0 radical (unpaired) electrons. The lowest BCUT2D eigenvalue weighted by molar-refractivity contribution is 0.213. The lowest BCUT2D eigenvalue weighted by Gasteiger charge is -2.27. The van der Waals surface area contributed by atoms with Crippen molar-refractivity contribution in [3.8, 4) is 11.5 Å². The van der Waals surface area contributed by atoms with Crippen molar-refractivity contribution >= 4 is 29.9 Å². The van der Waals surface area contributed by atoms with Crippen LogP contribution < -0.4 is 20.1 Å². The van der Waals surface area contributed by atoms with E-state index in [1.54, 1.807) is 7.11 Å².